The zero-order chi connectivity index (χ0) is 19.4. The Balaban J connectivity index is 1.76. The zero-order valence-electron chi connectivity index (χ0n) is 15.5. The number of amides is 1. The van der Waals surface area contributed by atoms with Crippen molar-refractivity contribution in [1.29, 1.82) is 0 Å². The molecule has 27 heavy (non-hydrogen) atoms. The van der Waals surface area contributed by atoms with Crippen LogP contribution in [0.3, 0.4) is 0 Å². The number of fused-ring (bicyclic) bond motifs is 1. The van der Waals surface area contributed by atoms with E-state index in [1.807, 2.05) is 56.3 Å². The minimum Gasteiger partial charge on any atom is -0.481 e. The summed E-state index contributed by atoms with van der Waals surface area (Å²) in [6.07, 6.45) is 0.749. The number of anilines is 1. The van der Waals surface area contributed by atoms with E-state index in [1.165, 1.54) is 0 Å². The molecule has 2 N–H and O–H groups in total. The van der Waals surface area contributed by atoms with Gasteiger partial charge in [0.2, 0.25) is 5.91 Å². The molecule has 0 aliphatic carbocycles. The number of carboxylic acid groups (broad SMARTS) is 1. The summed E-state index contributed by atoms with van der Waals surface area (Å²) in [5.74, 6) is -0.951. The first-order valence-electron chi connectivity index (χ1n) is 8.89. The van der Waals surface area contributed by atoms with Crippen LogP contribution in [-0.2, 0) is 22.4 Å². The van der Waals surface area contributed by atoms with Gasteiger partial charge in [-0.15, -0.1) is 0 Å². The number of para-hydroxylation sites is 1. The molecule has 0 aliphatic heterocycles. The summed E-state index contributed by atoms with van der Waals surface area (Å²) >= 11 is 0. The van der Waals surface area contributed by atoms with Crippen LogP contribution in [0.4, 0.5) is 5.69 Å². The number of nitrogens with zero attached hydrogens (tertiary/aromatic N) is 1. The van der Waals surface area contributed by atoms with Gasteiger partial charge in [0.1, 0.15) is 0 Å². The molecule has 1 heterocycles. The van der Waals surface area contributed by atoms with Crippen molar-refractivity contribution in [3.63, 3.8) is 0 Å². The van der Waals surface area contributed by atoms with E-state index in [0.717, 1.165) is 33.3 Å². The Morgan fingerprint density at radius 1 is 1.07 bits per heavy atom. The lowest BCUT2D eigenvalue weighted by Gasteiger charge is -2.13. The summed E-state index contributed by atoms with van der Waals surface area (Å²) in [4.78, 5) is 27.9. The van der Waals surface area contributed by atoms with Crippen molar-refractivity contribution in [1.82, 2.24) is 4.98 Å². The average molecular weight is 362 g/mol. The number of rotatable bonds is 6. The third-order valence-corrected chi connectivity index (χ3v) is 4.66. The van der Waals surface area contributed by atoms with Crippen LogP contribution in [0.15, 0.2) is 48.5 Å². The van der Waals surface area contributed by atoms with Crippen molar-refractivity contribution in [2.45, 2.75) is 33.1 Å². The smallest absolute Gasteiger partial charge is 0.303 e. The monoisotopic (exact) mass is 362 g/mol. The third-order valence-electron chi connectivity index (χ3n) is 4.66. The van der Waals surface area contributed by atoms with Gasteiger partial charge >= 0.3 is 5.97 Å². The highest BCUT2D eigenvalue weighted by molar-refractivity contribution is 5.94. The molecule has 0 atom stereocenters. The number of carbonyl (C=O) groups excluding carboxylic acids is 1. The van der Waals surface area contributed by atoms with Gasteiger partial charge in [-0.3, -0.25) is 14.6 Å². The van der Waals surface area contributed by atoms with Gasteiger partial charge in [-0.05, 0) is 55.2 Å². The second kappa shape index (κ2) is 7.99. The molecule has 5 nitrogen and oxygen atoms in total. The number of pyridine rings is 1. The Kier molecular flexibility index (Phi) is 5.50. The topological polar surface area (TPSA) is 79.3 Å². The van der Waals surface area contributed by atoms with E-state index < -0.39 is 5.97 Å². The van der Waals surface area contributed by atoms with Crippen LogP contribution < -0.4 is 5.32 Å². The van der Waals surface area contributed by atoms with E-state index in [-0.39, 0.29) is 18.7 Å². The largest absolute Gasteiger partial charge is 0.481 e. The number of carboxylic acids is 1. The summed E-state index contributed by atoms with van der Waals surface area (Å²) in [5, 5.41) is 12.8. The number of aryl methyl sites for hydroxylation is 3. The second-order valence-electron chi connectivity index (χ2n) is 6.64. The lowest BCUT2D eigenvalue weighted by Crippen LogP contribution is -2.16. The highest BCUT2D eigenvalue weighted by Gasteiger charge is 2.13. The fraction of sp³-hybridized carbons (Fsp3) is 0.227. The Labute approximate surface area is 158 Å². The van der Waals surface area contributed by atoms with E-state index in [9.17, 15) is 9.59 Å². The molecule has 3 rings (SSSR count). The molecule has 3 aromatic rings. The molecule has 138 valence electrons. The highest BCUT2D eigenvalue weighted by atomic mass is 16.4. The molecule has 0 saturated carbocycles. The first-order chi connectivity index (χ1) is 12.9. The number of hydrogen-bond donors (Lipinski definition) is 2. The summed E-state index contributed by atoms with van der Waals surface area (Å²) in [6.45, 7) is 3.95. The first kappa shape index (κ1) is 18.6. The Morgan fingerprint density at radius 3 is 2.63 bits per heavy atom. The maximum Gasteiger partial charge on any atom is 0.303 e. The maximum absolute atomic E-state index is 12.6. The quantitative estimate of drug-likeness (QED) is 0.693. The normalized spacial score (nSPS) is 10.7. The minimum atomic E-state index is -0.834. The summed E-state index contributed by atoms with van der Waals surface area (Å²) in [5.41, 5.74) is 5.36. The van der Waals surface area contributed by atoms with Gasteiger partial charge < -0.3 is 10.4 Å². The molecule has 5 heteroatoms. The highest BCUT2D eigenvalue weighted by Crippen LogP contribution is 2.23. The van der Waals surface area contributed by atoms with Crippen molar-refractivity contribution in [2.75, 3.05) is 5.32 Å². The molecule has 0 saturated heterocycles. The van der Waals surface area contributed by atoms with E-state index in [2.05, 4.69) is 10.3 Å². The summed E-state index contributed by atoms with van der Waals surface area (Å²) in [7, 11) is 0. The van der Waals surface area contributed by atoms with E-state index >= 15 is 0 Å². The van der Waals surface area contributed by atoms with E-state index in [4.69, 9.17) is 5.11 Å². The van der Waals surface area contributed by atoms with Crippen LogP contribution in [0.1, 0.15) is 28.8 Å². The predicted molar refractivity (Wildman–Crippen MR) is 106 cm³/mol. The van der Waals surface area contributed by atoms with Crippen LogP contribution in [0.5, 0.6) is 0 Å². The minimum absolute atomic E-state index is 0.0680. The van der Waals surface area contributed by atoms with Gasteiger partial charge in [-0.2, -0.15) is 0 Å². The maximum atomic E-state index is 12.6. The van der Waals surface area contributed by atoms with Crippen LogP contribution in [0, 0.1) is 13.8 Å². The van der Waals surface area contributed by atoms with Crippen LogP contribution in [0.25, 0.3) is 10.9 Å². The van der Waals surface area contributed by atoms with Crippen molar-refractivity contribution >= 4 is 28.5 Å². The van der Waals surface area contributed by atoms with Gasteiger partial charge in [0.15, 0.2) is 0 Å². The molecule has 1 aromatic heterocycles. The molecule has 2 aromatic carbocycles. The molecular formula is C22H22N2O3. The second-order valence-corrected chi connectivity index (χ2v) is 6.64. The van der Waals surface area contributed by atoms with Gasteiger partial charge in [0, 0.05) is 23.2 Å². The summed E-state index contributed by atoms with van der Waals surface area (Å²) in [6, 6.07) is 15.2. The van der Waals surface area contributed by atoms with Gasteiger partial charge in [0.25, 0.3) is 0 Å². The zero-order valence-corrected chi connectivity index (χ0v) is 15.5. The van der Waals surface area contributed by atoms with Gasteiger partial charge in [-0.1, -0.05) is 30.3 Å². The number of benzene rings is 2. The molecule has 0 fully saturated rings. The van der Waals surface area contributed by atoms with Gasteiger partial charge in [-0.25, -0.2) is 0 Å². The Bertz CT molecular complexity index is 1010. The third kappa shape index (κ3) is 4.50. The first-order valence-corrected chi connectivity index (χ1v) is 8.89. The van der Waals surface area contributed by atoms with Crippen LogP contribution in [0.2, 0.25) is 0 Å². The number of nitrogens with one attached hydrogen (secondary N) is 1. The van der Waals surface area contributed by atoms with Crippen LogP contribution >= 0.6 is 0 Å². The predicted octanol–water partition coefficient (Wildman–Crippen LogP) is 4.05. The van der Waals surface area contributed by atoms with E-state index in [0.29, 0.717) is 12.1 Å². The van der Waals surface area contributed by atoms with Crippen molar-refractivity contribution in [3.8, 4) is 0 Å². The van der Waals surface area contributed by atoms with Crippen molar-refractivity contribution in [3.05, 3.63) is 70.9 Å². The standard InChI is InChI=1S/C22H22N2O3/c1-14-18-8-3-4-9-20(18)23-15(2)19(14)13-21(25)24-17-7-5-6-16(12-17)10-11-22(26)27/h3-9,12H,10-11,13H2,1-2H3,(H,24,25)(H,26,27). The molecule has 0 aliphatic rings. The number of carbonyl (C=O) groups is 2. The SMILES string of the molecule is Cc1nc2ccccc2c(C)c1CC(=O)Nc1cccc(CCC(=O)O)c1. The van der Waals surface area contributed by atoms with Crippen molar-refractivity contribution in [2.24, 2.45) is 0 Å². The Morgan fingerprint density at radius 2 is 1.85 bits per heavy atom. The number of aromatic nitrogens is 1. The van der Waals surface area contributed by atoms with Gasteiger partial charge in [0.05, 0.1) is 11.9 Å². The molecule has 1 amide bonds. The number of aliphatic carboxylic acids is 1. The molecular weight excluding hydrogens is 340 g/mol. The fourth-order valence-corrected chi connectivity index (χ4v) is 3.25. The van der Waals surface area contributed by atoms with E-state index in [1.54, 1.807) is 6.07 Å². The van der Waals surface area contributed by atoms with Crippen LogP contribution in [-0.4, -0.2) is 22.0 Å². The molecule has 0 spiro atoms. The lowest BCUT2D eigenvalue weighted by atomic mass is 9.99. The molecule has 0 radical (unpaired) electrons. The molecule has 0 bridgehead atoms. The lowest BCUT2D eigenvalue weighted by molar-refractivity contribution is -0.137. The Hall–Kier alpha value is -3.21. The molecule has 0 unspecified atom stereocenters. The number of hydrogen-bond acceptors (Lipinski definition) is 3. The average Bonchev–Trinajstić information content (AvgIpc) is 2.64. The summed E-state index contributed by atoms with van der Waals surface area (Å²) < 4.78 is 0. The van der Waals surface area contributed by atoms with Crippen molar-refractivity contribution < 1.29 is 14.7 Å². The fourth-order valence-electron chi connectivity index (χ4n) is 3.25.